The van der Waals surface area contributed by atoms with E-state index in [1.807, 2.05) is 30.3 Å². The summed E-state index contributed by atoms with van der Waals surface area (Å²) in [7, 11) is 0. The highest BCUT2D eigenvalue weighted by atomic mass is 35.5. The first kappa shape index (κ1) is 26.5. The predicted molar refractivity (Wildman–Crippen MR) is 117 cm³/mol. The van der Waals surface area contributed by atoms with Gasteiger partial charge in [-0.15, -0.1) is 0 Å². The van der Waals surface area contributed by atoms with Gasteiger partial charge in [0.2, 0.25) is 5.91 Å². The summed E-state index contributed by atoms with van der Waals surface area (Å²) < 4.78 is 0. The van der Waals surface area contributed by atoms with Gasteiger partial charge in [0.1, 0.15) is 6.54 Å². The van der Waals surface area contributed by atoms with E-state index in [0.29, 0.717) is 15.6 Å². The highest BCUT2D eigenvalue weighted by Crippen LogP contribution is 2.24. The zero-order valence-electron chi connectivity index (χ0n) is 15.7. The highest BCUT2D eigenvalue weighted by molar-refractivity contribution is 6.36. The minimum Gasteiger partial charge on any atom is -0.480 e. The zero-order chi connectivity index (χ0) is 23.1. The van der Waals surface area contributed by atoms with Crippen molar-refractivity contribution >= 4 is 52.8 Å². The number of carboxylic acids is 1. The van der Waals surface area contributed by atoms with E-state index < -0.39 is 23.9 Å². The fourth-order valence-electron chi connectivity index (χ4n) is 1.79. The summed E-state index contributed by atoms with van der Waals surface area (Å²) in [4.78, 5) is 30.4. The summed E-state index contributed by atoms with van der Waals surface area (Å²) in [6.45, 7) is -0.0377. The number of anilines is 1. The first-order valence-electron chi connectivity index (χ1n) is 8.15. The maximum atomic E-state index is 11.3. The number of guanidine groups is 1. The molecule has 0 aliphatic carbocycles. The van der Waals surface area contributed by atoms with Gasteiger partial charge in [0, 0.05) is 15.7 Å². The molecule has 0 bridgehead atoms. The van der Waals surface area contributed by atoms with E-state index in [4.69, 9.17) is 44.2 Å². The third-order valence-electron chi connectivity index (χ3n) is 2.89. The maximum absolute atomic E-state index is 11.3. The lowest BCUT2D eigenvalue weighted by atomic mass is 10.1. The lowest BCUT2D eigenvalue weighted by molar-refractivity contribution is -0.135. The molecule has 0 saturated carbocycles. The van der Waals surface area contributed by atoms with Crippen molar-refractivity contribution in [3.8, 4) is 0 Å². The van der Waals surface area contributed by atoms with Crippen LogP contribution in [0, 0.1) is 5.41 Å². The standard InChI is InChI=1S/C9H9Cl2N3O.C8H9NO2.CH4N2O/c10-6-2-1-3-7(11)5(6)4-8(15)14-9(12)13;10-8(11)6-9-7-4-2-1-3-5-7;2-1(3)4/h1-3H,4H2,(H4,12,13,14,15);1-5,9H,6H2,(H,10,11);(H4,2,3,4). The van der Waals surface area contributed by atoms with Crippen LogP contribution in [0.3, 0.4) is 0 Å². The van der Waals surface area contributed by atoms with Crippen LogP contribution in [0.4, 0.5) is 10.5 Å². The van der Waals surface area contributed by atoms with E-state index in [0.717, 1.165) is 5.69 Å². The van der Waals surface area contributed by atoms with Gasteiger partial charge in [-0.05, 0) is 29.8 Å². The molecule has 10 nitrogen and oxygen atoms in total. The average Bonchev–Trinajstić information content (AvgIpc) is 2.63. The summed E-state index contributed by atoms with van der Waals surface area (Å²) >= 11 is 11.7. The molecule has 3 amide bonds. The summed E-state index contributed by atoms with van der Waals surface area (Å²) in [6.07, 6.45) is -0.00190. The van der Waals surface area contributed by atoms with Gasteiger partial charge in [-0.2, -0.15) is 0 Å². The summed E-state index contributed by atoms with van der Waals surface area (Å²) in [5, 5.41) is 20.9. The van der Waals surface area contributed by atoms with Crippen LogP contribution >= 0.6 is 23.2 Å². The lowest BCUT2D eigenvalue weighted by Gasteiger charge is -2.06. The first-order chi connectivity index (χ1) is 14.0. The Hall–Kier alpha value is -3.50. The van der Waals surface area contributed by atoms with Gasteiger partial charge in [0.15, 0.2) is 5.96 Å². The van der Waals surface area contributed by atoms with E-state index >= 15 is 0 Å². The number of nitrogens with two attached hydrogens (primary N) is 3. The van der Waals surface area contributed by atoms with E-state index in [2.05, 4.69) is 22.1 Å². The van der Waals surface area contributed by atoms with Crippen LogP contribution in [0.1, 0.15) is 5.56 Å². The molecule has 0 spiro atoms. The van der Waals surface area contributed by atoms with Crippen molar-refractivity contribution in [3.05, 3.63) is 64.1 Å². The van der Waals surface area contributed by atoms with Crippen molar-refractivity contribution in [2.75, 3.05) is 11.9 Å². The third kappa shape index (κ3) is 13.6. The Morgan fingerprint density at radius 3 is 1.87 bits per heavy atom. The number of aliphatic carboxylic acids is 1. The molecule has 2 rings (SSSR count). The number of nitrogens with one attached hydrogen (secondary N) is 3. The average molecular weight is 457 g/mol. The smallest absolute Gasteiger partial charge is 0.322 e. The van der Waals surface area contributed by atoms with Crippen molar-refractivity contribution in [3.63, 3.8) is 0 Å². The third-order valence-corrected chi connectivity index (χ3v) is 3.60. The largest absolute Gasteiger partial charge is 0.480 e. The number of amides is 3. The van der Waals surface area contributed by atoms with Crippen molar-refractivity contribution < 1.29 is 19.5 Å². The van der Waals surface area contributed by atoms with Crippen LogP contribution < -0.4 is 27.8 Å². The number of benzene rings is 2. The van der Waals surface area contributed by atoms with Gasteiger partial charge in [-0.1, -0.05) is 47.5 Å². The Morgan fingerprint density at radius 2 is 1.43 bits per heavy atom. The molecule has 0 aliphatic rings. The fraction of sp³-hybridized carbons (Fsp3) is 0.111. The second-order valence-electron chi connectivity index (χ2n) is 5.35. The minimum atomic E-state index is -0.853. The number of para-hydroxylation sites is 1. The van der Waals surface area contributed by atoms with Crippen molar-refractivity contribution in [2.45, 2.75) is 6.42 Å². The number of carboxylic acid groups (broad SMARTS) is 1. The van der Waals surface area contributed by atoms with Crippen LogP contribution in [0.25, 0.3) is 0 Å². The quantitative estimate of drug-likeness (QED) is 0.264. The number of hydrogen-bond acceptors (Lipinski definition) is 5. The van der Waals surface area contributed by atoms with Crippen molar-refractivity contribution in [1.29, 1.82) is 5.41 Å². The molecule has 0 atom stereocenters. The Labute approximate surface area is 182 Å². The molecule has 0 saturated heterocycles. The molecular weight excluding hydrogens is 435 g/mol. The molecule has 0 aromatic heterocycles. The normalized spacial score (nSPS) is 9.00. The minimum absolute atomic E-state index is 0.00190. The monoisotopic (exact) mass is 456 g/mol. The molecule has 2 aromatic carbocycles. The number of carbonyl (C=O) groups is 3. The van der Waals surface area contributed by atoms with E-state index in [1.165, 1.54) is 0 Å². The molecule has 0 fully saturated rings. The van der Waals surface area contributed by atoms with Gasteiger partial charge in [-0.25, -0.2) is 4.79 Å². The maximum Gasteiger partial charge on any atom is 0.322 e. The second kappa shape index (κ2) is 14.5. The van der Waals surface area contributed by atoms with E-state index in [1.54, 1.807) is 18.2 Å². The summed E-state index contributed by atoms with van der Waals surface area (Å²) in [6, 6.07) is 13.4. The number of carbonyl (C=O) groups excluding carboxylic acids is 2. The molecule has 12 heteroatoms. The highest BCUT2D eigenvalue weighted by Gasteiger charge is 2.10. The van der Waals surface area contributed by atoms with E-state index in [9.17, 15) is 9.59 Å². The molecule has 0 unspecified atom stereocenters. The molecule has 30 heavy (non-hydrogen) atoms. The van der Waals surface area contributed by atoms with Crippen molar-refractivity contribution in [1.82, 2.24) is 5.32 Å². The Kier molecular flexibility index (Phi) is 12.8. The fourth-order valence-corrected chi connectivity index (χ4v) is 2.32. The van der Waals surface area contributed by atoms with Crippen LogP contribution in [0.15, 0.2) is 48.5 Å². The molecule has 0 radical (unpaired) electrons. The molecular formula is C18H22Cl2N6O4. The van der Waals surface area contributed by atoms with Crippen LogP contribution in [0.5, 0.6) is 0 Å². The number of urea groups is 1. The molecule has 0 heterocycles. The Bertz CT molecular complexity index is 841. The van der Waals surface area contributed by atoms with Gasteiger partial charge >= 0.3 is 12.0 Å². The van der Waals surface area contributed by atoms with Gasteiger partial charge in [0.25, 0.3) is 0 Å². The first-order valence-corrected chi connectivity index (χ1v) is 8.90. The topological polar surface area (TPSA) is 197 Å². The number of halogens is 2. The molecule has 162 valence electrons. The number of rotatable bonds is 5. The molecule has 2 aromatic rings. The van der Waals surface area contributed by atoms with Gasteiger partial charge in [-0.3, -0.25) is 20.3 Å². The van der Waals surface area contributed by atoms with Crippen LogP contribution in [0.2, 0.25) is 10.0 Å². The van der Waals surface area contributed by atoms with Crippen LogP contribution in [-0.2, 0) is 16.0 Å². The number of hydrogen-bond donors (Lipinski definition) is 7. The SMILES string of the molecule is N=C(N)NC(=O)Cc1c(Cl)cccc1Cl.NC(N)=O.O=C(O)CNc1ccccc1. The summed E-state index contributed by atoms with van der Waals surface area (Å²) in [5.74, 6) is -1.67. The van der Waals surface area contributed by atoms with Crippen molar-refractivity contribution in [2.24, 2.45) is 17.2 Å². The van der Waals surface area contributed by atoms with Gasteiger partial charge in [0.05, 0.1) is 6.42 Å². The van der Waals surface area contributed by atoms with Crippen LogP contribution in [-0.4, -0.2) is 35.5 Å². The Balaban J connectivity index is 0.000000491. The molecule has 10 N–H and O–H groups in total. The second-order valence-corrected chi connectivity index (χ2v) is 6.17. The zero-order valence-corrected chi connectivity index (χ0v) is 17.2. The summed E-state index contributed by atoms with van der Waals surface area (Å²) in [5.41, 5.74) is 14.9. The molecule has 0 aliphatic heterocycles. The van der Waals surface area contributed by atoms with E-state index in [-0.39, 0.29) is 13.0 Å². The number of primary amides is 2. The lowest BCUT2D eigenvalue weighted by Crippen LogP contribution is -2.36. The van der Waals surface area contributed by atoms with Gasteiger partial charge < -0.3 is 27.6 Å². The predicted octanol–water partition coefficient (Wildman–Crippen LogP) is 1.75. The Morgan fingerprint density at radius 1 is 0.933 bits per heavy atom.